The van der Waals surface area contributed by atoms with Gasteiger partial charge in [-0.05, 0) is 30.4 Å². The van der Waals surface area contributed by atoms with Gasteiger partial charge < -0.3 is 15.4 Å². The van der Waals surface area contributed by atoms with Crippen molar-refractivity contribution in [2.45, 2.75) is 50.8 Å². The van der Waals surface area contributed by atoms with Crippen molar-refractivity contribution in [3.05, 3.63) is 35.4 Å². The molecule has 2 N–H and O–H groups in total. The number of ether oxygens (including phenoxy) is 1. The maximum Gasteiger partial charge on any atom is 0.237 e. The van der Waals surface area contributed by atoms with E-state index in [4.69, 9.17) is 4.74 Å². The summed E-state index contributed by atoms with van der Waals surface area (Å²) in [6, 6.07) is 8.19. The van der Waals surface area contributed by atoms with Crippen molar-refractivity contribution in [2.24, 2.45) is 0 Å². The van der Waals surface area contributed by atoms with Gasteiger partial charge in [0, 0.05) is 13.1 Å². The van der Waals surface area contributed by atoms with Crippen molar-refractivity contribution >= 4 is 5.91 Å². The molecule has 1 fully saturated rings. The number of carbonyl (C=O) groups is 1. The van der Waals surface area contributed by atoms with Crippen molar-refractivity contribution in [3.63, 3.8) is 0 Å². The average Bonchev–Trinajstić information content (AvgIpc) is 3.04. The largest absolute Gasteiger partial charge is 0.376 e. The lowest BCUT2D eigenvalue weighted by Gasteiger charge is -2.25. The lowest BCUT2D eigenvalue weighted by atomic mass is 9.95. The summed E-state index contributed by atoms with van der Waals surface area (Å²) < 4.78 is 5.76. The molecule has 1 atom stereocenters. The Kier molecular flexibility index (Phi) is 4.88. The van der Waals surface area contributed by atoms with Gasteiger partial charge in [0.15, 0.2) is 0 Å². The number of nitrogens with one attached hydrogen (secondary N) is 2. The number of rotatable bonds is 5. The van der Waals surface area contributed by atoms with E-state index in [9.17, 15) is 4.79 Å². The molecule has 0 saturated heterocycles. The second-order valence-corrected chi connectivity index (χ2v) is 5.97. The quantitative estimate of drug-likeness (QED) is 0.812. The van der Waals surface area contributed by atoms with Crippen molar-refractivity contribution in [2.75, 3.05) is 13.2 Å². The molecule has 0 aromatic heterocycles. The first-order valence-corrected chi connectivity index (χ1v) is 8.02. The molecular formula is C17H24N2O2. The topological polar surface area (TPSA) is 50.4 Å². The average molecular weight is 288 g/mol. The van der Waals surface area contributed by atoms with Crippen molar-refractivity contribution in [1.29, 1.82) is 0 Å². The number of amides is 1. The summed E-state index contributed by atoms with van der Waals surface area (Å²) in [5.74, 6) is 0.0829. The van der Waals surface area contributed by atoms with Gasteiger partial charge in [-0.25, -0.2) is 0 Å². The van der Waals surface area contributed by atoms with Crippen LogP contribution in [0.4, 0.5) is 0 Å². The van der Waals surface area contributed by atoms with E-state index in [0.29, 0.717) is 19.3 Å². The smallest absolute Gasteiger partial charge is 0.237 e. The molecular weight excluding hydrogens is 264 g/mol. The zero-order valence-electron chi connectivity index (χ0n) is 12.4. The molecule has 0 spiro atoms. The first-order chi connectivity index (χ1) is 10.3. The minimum Gasteiger partial charge on any atom is -0.376 e. The molecule has 21 heavy (non-hydrogen) atoms. The lowest BCUT2D eigenvalue weighted by Crippen LogP contribution is -2.48. The Morgan fingerprint density at radius 3 is 2.81 bits per heavy atom. The standard InChI is InChI=1S/C17H24N2O2/c20-17(18-9-10-21-15-7-3-4-8-15)16-11-13-5-1-2-6-14(13)12-19-16/h1-2,5-6,15-16,19H,3-4,7-12H2,(H,18,20)/t16-/m1/s1. The molecule has 0 unspecified atom stereocenters. The Morgan fingerprint density at radius 1 is 1.24 bits per heavy atom. The fourth-order valence-electron chi connectivity index (χ4n) is 3.22. The molecule has 3 rings (SSSR count). The number of hydrogen-bond donors (Lipinski definition) is 2. The van der Waals surface area contributed by atoms with Crippen molar-refractivity contribution in [3.8, 4) is 0 Å². The highest BCUT2D eigenvalue weighted by Gasteiger charge is 2.23. The van der Waals surface area contributed by atoms with Crippen LogP contribution in [-0.2, 0) is 22.5 Å². The van der Waals surface area contributed by atoms with E-state index in [1.807, 2.05) is 12.1 Å². The molecule has 1 aliphatic carbocycles. The van der Waals surface area contributed by atoms with Crippen LogP contribution in [0.15, 0.2) is 24.3 Å². The molecule has 0 bridgehead atoms. The third kappa shape index (κ3) is 3.83. The normalized spacial score (nSPS) is 22.0. The number of benzene rings is 1. The monoisotopic (exact) mass is 288 g/mol. The first-order valence-electron chi connectivity index (χ1n) is 8.02. The minimum absolute atomic E-state index is 0.0829. The van der Waals surface area contributed by atoms with Gasteiger partial charge in [0.25, 0.3) is 0 Å². The Balaban J connectivity index is 1.40. The van der Waals surface area contributed by atoms with Crippen LogP contribution in [-0.4, -0.2) is 31.2 Å². The molecule has 1 amide bonds. The summed E-state index contributed by atoms with van der Waals surface area (Å²) in [5.41, 5.74) is 2.57. The Morgan fingerprint density at radius 2 is 2.00 bits per heavy atom. The summed E-state index contributed by atoms with van der Waals surface area (Å²) in [4.78, 5) is 12.2. The number of carbonyl (C=O) groups excluding carboxylic acids is 1. The van der Waals surface area contributed by atoms with E-state index in [2.05, 4.69) is 22.8 Å². The lowest BCUT2D eigenvalue weighted by molar-refractivity contribution is -0.123. The second kappa shape index (κ2) is 7.05. The van der Waals surface area contributed by atoms with E-state index in [1.165, 1.54) is 36.8 Å². The third-order valence-electron chi connectivity index (χ3n) is 4.45. The van der Waals surface area contributed by atoms with Crippen LogP contribution in [0.3, 0.4) is 0 Å². The Hall–Kier alpha value is -1.39. The molecule has 1 aromatic rings. The third-order valence-corrected chi connectivity index (χ3v) is 4.45. The van der Waals surface area contributed by atoms with E-state index < -0.39 is 0 Å². The highest BCUT2D eigenvalue weighted by Crippen LogP contribution is 2.20. The molecule has 4 heteroatoms. The van der Waals surface area contributed by atoms with E-state index >= 15 is 0 Å². The zero-order chi connectivity index (χ0) is 14.5. The fourth-order valence-corrected chi connectivity index (χ4v) is 3.22. The maximum atomic E-state index is 12.2. The maximum absolute atomic E-state index is 12.2. The predicted octanol–water partition coefficient (Wildman–Crippen LogP) is 1.78. The Bertz CT molecular complexity index is 483. The molecule has 1 aliphatic heterocycles. The van der Waals surface area contributed by atoms with Crippen LogP contribution in [0.2, 0.25) is 0 Å². The summed E-state index contributed by atoms with van der Waals surface area (Å²) >= 11 is 0. The SMILES string of the molecule is O=C(NCCOC1CCCC1)[C@H]1Cc2ccccc2CN1. The van der Waals surface area contributed by atoms with Crippen molar-refractivity contribution < 1.29 is 9.53 Å². The van der Waals surface area contributed by atoms with Gasteiger partial charge in [-0.15, -0.1) is 0 Å². The zero-order valence-corrected chi connectivity index (χ0v) is 12.4. The van der Waals surface area contributed by atoms with E-state index in [0.717, 1.165) is 13.0 Å². The molecule has 1 aromatic carbocycles. The van der Waals surface area contributed by atoms with Gasteiger partial charge in [0.1, 0.15) is 0 Å². The van der Waals surface area contributed by atoms with Gasteiger partial charge in [0.2, 0.25) is 5.91 Å². The van der Waals surface area contributed by atoms with Gasteiger partial charge >= 0.3 is 0 Å². The van der Waals surface area contributed by atoms with Gasteiger partial charge in [-0.1, -0.05) is 37.1 Å². The molecule has 114 valence electrons. The number of fused-ring (bicyclic) bond motifs is 1. The molecule has 2 aliphatic rings. The highest BCUT2D eigenvalue weighted by atomic mass is 16.5. The molecule has 1 saturated carbocycles. The Labute approximate surface area is 126 Å². The minimum atomic E-state index is -0.119. The predicted molar refractivity (Wildman–Crippen MR) is 82.0 cm³/mol. The fraction of sp³-hybridized carbons (Fsp3) is 0.588. The molecule has 0 radical (unpaired) electrons. The van der Waals surface area contributed by atoms with Crippen LogP contribution >= 0.6 is 0 Å². The molecule has 4 nitrogen and oxygen atoms in total. The van der Waals surface area contributed by atoms with Gasteiger partial charge in [0.05, 0.1) is 18.8 Å². The van der Waals surface area contributed by atoms with Crippen LogP contribution in [0.25, 0.3) is 0 Å². The first kappa shape index (κ1) is 14.5. The number of hydrogen-bond acceptors (Lipinski definition) is 3. The molecule has 1 heterocycles. The van der Waals surface area contributed by atoms with Crippen molar-refractivity contribution in [1.82, 2.24) is 10.6 Å². The van der Waals surface area contributed by atoms with E-state index in [-0.39, 0.29) is 11.9 Å². The summed E-state index contributed by atoms with van der Waals surface area (Å²) in [5, 5.41) is 6.28. The van der Waals surface area contributed by atoms with E-state index in [1.54, 1.807) is 0 Å². The summed E-state index contributed by atoms with van der Waals surface area (Å²) in [6.07, 6.45) is 6.10. The van der Waals surface area contributed by atoms with Crippen LogP contribution < -0.4 is 10.6 Å². The van der Waals surface area contributed by atoms with Crippen LogP contribution in [0, 0.1) is 0 Å². The summed E-state index contributed by atoms with van der Waals surface area (Å²) in [6.45, 7) is 2.00. The van der Waals surface area contributed by atoms with Crippen LogP contribution in [0.5, 0.6) is 0 Å². The second-order valence-electron chi connectivity index (χ2n) is 5.97. The highest BCUT2D eigenvalue weighted by molar-refractivity contribution is 5.82. The van der Waals surface area contributed by atoms with Gasteiger partial charge in [-0.3, -0.25) is 4.79 Å². The van der Waals surface area contributed by atoms with Gasteiger partial charge in [-0.2, -0.15) is 0 Å². The van der Waals surface area contributed by atoms with Crippen LogP contribution in [0.1, 0.15) is 36.8 Å². The summed E-state index contributed by atoms with van der Waals surface area (Å²) in [7, 11) is 0.